The van der Waals surface area contributed by atoms with Gasteiger partial charge in [0.1, 0.15) is 6.54 Å². The van der Waals surface area contributed by atoms with E-state index in [0.717, 1.165) is 58.7 Å². The van der Waals surface area contributed by atoms with E-state index in [4.69, 9.17) is 4.98 Å². The van der Waals surface area contributed by atoms with Crippen LogP contribution in [-0.2, 0) is 24.2 Å². The largest absolute Gasteiger partial charge is 0.325 e. The van der Waals surface area contributed by atoms with Crippen molar-refractivity contribution >= 4 is 11.6 Å². The van der Waals surface area contributed by atoms with Gasteiger partial charge in [0.05, 0.1) is 11.4 Å². The first kappa shape index (κ1) is 20.1. The average molecular weight is 406 g/mol. The number of nitrogens with zero attached hydrogens (tertiary/aromatic N) is 4. The molecule has 1 aromatic carbocycles. The minimum absolute atomic E-state index is 0.111. The van der Waals surface area contributed by atoms with Crippen LogP contribution in [0.15, 0.2) is 29.1 Å². The second kappa shape index (κ2) is 7.89. The molecule has 0 saturated heterocycles. The molecule has 4 rings (SSSR count). The molecule has 0 unspecified atom stereocenters. The molecule has 7 heteroatoms. The lowest BCUT2D eigenvalue weighted by Gasteiger charge is -2.20. The third kappa shape index (κ3) is 3.92. The molecular weight excluding hydrogens is 378 g/mol. The fraction of sp³-hybridized carbons (Fsp3) is 0.391. The summed E-state index contributed by atoms with van der Waals surface area (Å²) in [6, 6.07) is 7.82. The Hall–Kier alpha value is -3.22. The number of benzene rings is 1. The number of carbonyl (C=O) groups is 1. The second-order valence-electron chi connectivity index (χ2n) is 8.20. The maximum atomic E-state index is 13.3. The summed E-state index contributed by atoms with van der Waals surface area (Å²) in [5, 5.41) is 7.43. The summed E-state index contributed by atoms with van der Waals surface area (Å²) >= 11 is 0. The topological polar surface area (TPSA) is 81.8 Å². The van der Waals surface area contributed by atoms with Crippen LogP contribution < -0.4 is 10.9 Å². The molecule has 3 aromatic rings. The zero-order valence-corrected chi connectivity index (χ0v) is 18.0. The maximum Gasteiger partial charge on any atom is 0.258 e. The van der Waals surface area contributed by atoms with Crippen molar-refractivity contribution in [3.05, 3.63) is 68.4 Å². The second-order valence-corrected chi connectivity index (χ2v) is 8.20. The number of hydrogen-bond acceptors (Lipinski definition) is 4. The molecule has 0 saturated carbocycles. The van der Waals surface area contributed by atoms with Gasteiger partial charge in [0.2, 0.25) is 11.9 Å². The molecule has 1 N–H and O–H groups in total. The van der Waals surface area contributed by atoms with Crippen LogP contribution in [0.2, 0.25) is 0 Å². The van der Waals surface area contributed by atoms with Crippen molar-refractivity contribution in [2.75, 3.05) is 5.32 Å². The van der Waals surface area contributed by atoms with Crippen LogP contribution in [0, 0.1) is 27.7 Å². The highest BCUT2D eigenvalue weighted by Crippen LogP contribution is 2.19. The zero-order valence-electron chi connectivity index (χ0n) is 18.0. The Morgan fingerprint density at radius 1 is 1.03 bits per heavy atom. The molecule has 0 atom stereocenters. The lowest BCUT2D eigenvalue weighted by Crippen LogP contribution is -2.36. The Morgan fingerprint density at radius 2 is 1.73 bits per heavy atom. The summed E-state index contributed by atoms with van der Waals surface area (Å²) in [6.45, 7) is 7.69. The smallest absolute Gasteiger partial charge is 0.258 e. The van der Waals surface area contributed by atoms with E-state index in [1.165, 1.54) is 4.57 Å². The van der Waals surface area contributed by atoms with Gasteiger partial charge in [0, 0.05) is 16.9 Å². The molecule has 0 fully saturated rings. The number of aryl methyl sites for hydroxylation is 5. The highest BCUT2D eigenvalue weighted by Gasteiger charge is 2.23. The third-order valence-electron chi connectivity index (χ3n) is 5.42. The van der Waals surface area contributed by atoms with E-state index in [2.05, 4.69) is 16.5 Å². The molecule has 30 heavy (non-hydrogen) atoms. The van der Waals surface area contributed by atoms with Crippen molar-refractivity contribution in [3.8, 4) is 5.95 Å². The molecule has 1 aliphatic rings. The Balaban J connectivity index is 1.75. The lowest BCUT2D eigenvalue weighted by atomic mass is 9.97. The van der Waals surface area contributed by atoms with Crippen molar-refractivity contribution < 1.29 is 4.79 Å². The summed E-state index contributed by atoms with van der Waals surface area (Å²) in [7, 11) is 0. The quantitative estimate of drug-likeness (QED) is 0.723. The molecule has 1 amide bonds. The predicted molar refractivity (Wildman–Crippen MR) is 116 cm³/mol. The number of nitrogens with one attached hydrogen (secondary N) is 1. The van der Waals surface area contributed by atoms with E-state index in [0.29, 0.717) is 12.4 Å². The fourth-order valence-corrected chi connectivity index (χ4v) is 4.20. The molecule has 2 aromatic heterocycles. The van der Waals surface area contributed by atoms with Crippen LogP contribution in [0.1, 0.15) is 46.6 Å². The number of amides is 1. The van der Waals surface area contributed by atoms with Crippen molar-refractivity contribution in [1.29, 1.82) is 0 Å². The van der Waals surface area contributed by atoms with Crippen LogP contribution in [0.3, 0.4) is 0 Å². The summed E-state index contributed by atoms with van der Waals surface area (Å²) in [6.07, 6.45) is 3.48. The molecule has 156 valence electrons. The average Bonchev–Trinajstić information content (AvgIpc) is 3.01. The first-order chi connectivity index (χ1) is 14.3. The fourth-order valence-electron chi connectivity index (χ4n) is 4.20. The highest BCUT2D eigenvalue weighted by molar-refractivity contribution is 5.90. The van der Waals surface area contributed by atoms with Crippen LogP contribution in [0.4, 0.5) is 5.69 Å². The minimum atomic E-state index is -0.262. The van der Waals surface area contributed by atoms with Gasteiger partial charge in [-0.25, -0.2) is 9.67 Å². The van der Waals surface area contributed by atoms with Crippen molar-refractivity contribution in [2.24, 2.45) is 0 Å². The Kier molecular flexibility index (Phi) is 5.28. The molecule has 0 spiro atoms. The molecule has 7 nitrogen and oxygen atoms in total. The maximum absolute atomic E-state index is 13.3. The molecule has 0 radical (unpaired) electrons. The van der Waals surface area contributed by atoms with E-state index >= 15 is 0 Å². The monoisotopic (exact) mass is 405 g/mol. The summed E-state index contributed by atoms with van der Waals surface area (Å²) < 4.78 is 3.12. The normalized spacial score (nSPS) is 13.2. The Morgan fingerprint density at radius 3 is 2.40 bits per heavy atom. The molecule has 0 bridgehead atoms. The number of anilines is 1. The summed E-state index contributed by atoms with van der Waals surface area (Å²) in [5.41, 5.74) is 6.00. The number of aromatic nitrogens is 4. The lowest BCUT2D eigenvalue weighted by molar-refractivity contribution is -0.116. The van der Waals surface area contributed by atoms with E-state index in [1.807, 2.05) is 45.9 Å². The predicted octanol–water partition coefficient (Wildman–Crippen LogP) is 3.18. The first-order valence-corrected chi connectivity index (χ1v) is 10.4. The molecular formula is C23H27N5O2. The van der Waals surface area contributed by atoms with Gasteiger partial charge in [-0.1, -0.05) is 6.07 Å². The van der Waals surface area contributed by atoms with Crippen LogP contribution >= 0.6 is 0 Å². The third-order valence-corrected chi connectivity index (χ3v) is 5.42. The SMILES string of the molecule is Cc1cc(C)cc(NC(=O)Cn2c(-n3nc(C)cc3C)nc3c(c2=O)CCCC3)c1. The van der Waals surface area contributed by atoms with Gasteiger partial charge in [-0.05, 0) is 82.7 Å². The van der Waals surface area contributed by atoms with Crippen LogP contribution in [-0.4, -0.2) is 25.2 Å². The first-order valence-electron chi connectivity index (χ1n) is 10.4. The number of fused-ring (bicyclic) bond motifs is 1. The van der Waals surface area contributed by atoms with Gasteiger partial charge in [-0.2, -0.15) is 5.10 Å². The van der Waals surface area contributed by atoms with Crippen LogP contribution in [0.25, 0.3) is 5.95 Å². The van der Waals surface area contributed by atoms with E-state index in [1.54, 1.807) is 4.68 Å². The van der Waals surface area contributed by atoms with Crippen LogP contribution in [0.5, 0.6) is 0 Å². The minimum Gasteiger partial charge on any atom is -0.325 e. The number of hydrogen-bond donors (Lipinski definition) is 1. The van der Waals surface area contributed by atoms with E-state index in [9.17, 15) is 9.59 Å². The van der Waals surface area contributed by atoms with Crippen molar-refractivity contribution in [1.82, 2.24) is 19.3 Å². The van der Waals surface area contributed by atoms with Crippen molar-refractivity contribution in [2.45, 2.75) is 59.9 Å². The van der Waals surface area contributed by atoms with Gasteiger partial charge in [-0.15, -0.1) is 0 Å². The van der Waals surface area contributed by atoms with Gasteiger partial charge < -0.3 is 5.32 Å². The van der Waals surface area contributed by atoms with Gasteiger partial charge in [-0.3, -0.25) is 14.2 Å². The number of rotatable bonds is 4. The van der Waals surface area contributed by atoms with Gasteiger partial charge in [0.15, 0.2) is 0 Å². The standard InChI is InChI=1S/C23H27N5O2/c1-14-9-15(2)11-18(10-14)24-21(29)13-27-22(30)19-7-5-6-8-20(19)25-23(27)28-17(4)12-16(3)26-28/h9-12H,5-8,13H2,1-4H3,(H,24,29). The summed E-state index contributed by atoms with van der Waals surface area (Å²) in [4.78, 5) is 31.0. The van der Waals surface area contributed by atoms with E-state index in [-0.39, 0.29) is 18.0 Å². The summed E-state index contributed by atoms with van der Waals surface area (Å²) in [5.74, 6) is 0.143. The Bertz CT molecular complexity index is 1170. The zero-order chi connectivity index (χ0) is 21.4. The molecule has 0 aliphatic heterocycles. The Labute approximate surface area is 175 Å². The van der Waals surface area contributed by atoms with Crippen molar-refractivity contribution in [3.63, 3.8) is 0 Å². The molecule has 1 aliphatic carbocycles. The highest BCUT2D eigenvalue weighted by atomic mass is 16.2. The van der Waals surface area contributed by atoms with E-state index < -0.39 is 0 Å². The molecule has 2 heterocycles. The van der Waals surface area contributed by atoms with Gasteiger partial charge in [0.25, 0.3) is 5.56 Å². The van der Waals surface area contributed by atoms with Gasteiger partial charge >= 0.3 is 0 Å². The number of carbonyl (C=O) groups excluding carboxylic acids is 1.